The predicted molar refractivity (Wildman–Crippen MR) is 42.1 cm³/mol. The third kappa shape index (κ3) is 6.29. The Balaban J connectivity index is 0.000000187. The number of rotatable bonds is 0. The molecule has 0 saturated carbocycles. The van der Waals surface area contributed by atoms with Crippen LogP contribution in [0, 0.1) is 0 Å². The molecule has 0 aromatic heterocycles. The standard InChI is InChI=1S/C5H5.C2H8Si.Ti/c1-2-4-5-3-1;1-3-2;/h1-3H,4H2;3H2,1-2H3;/i;;1-45. The van der Waals surface area contributed by atoms with Gasteiger partial charge < -0.3 is 0 Å². The molecule has 0 unspecified atom stereocenters. The summed E-state index contributed by atoms with van der Waals surface area (Å²) < 4.78 is 1.47. The molecule has 49 valence electrons. The fraction of sp³-hybridized carbons (Fsp3) is 0.429. The van der Waals surface area contributed by atoms with E-state index in [0.29, 0.717) is 9.52 Å². The van der Waals surface area contributed by atoms with E-state index in [0.717, 1.165) is 0 Å². The normalized spacial score (nSPS) is 14.1. The summed E-state index contributed by atoms with van der Waals surface area (Å²) >= 11 is 2.14. The fourth-order valence-electron chi connectivity index (χ4n) is 0.447. The fourth-order valence-corrected chi connectivity index (χ4v) is 0.782. The minimum atomic E-state index is 0.417. The average molecular weight is 128 g/mol. The molecule has 0 heterocycles. The van der Waals surface area contributed by atoms with Gasteiger partial charge in [0.05, 0.1) is 0 Å². The number of hydrogen-bond donors (Lipinski definition) is 0. The third-order valence-corrected chi connectivity index (χ3v) is 1.35. The van der Waals surface area contributed by atoms with Gasteiger partial charge in [-0.3, -0.25) is 0 Å². The maximum atomic E-state index is 2.26. The van der Waals surface area contributed by atoms with Gasteiger partial charge in [-0.15, -0.1) is 0 Å². The topological polar surface area (TPSA) is 0 Å². The zero-order valence-electron chi connectivity index (χ0n) is 6.15. The first kappa shape index (κ1) is 9.41. The summed E-state index contributed by atoms with van der Waals surface area (Å²) in [6.45, 7) is 4.53. The Kier molecular flexibility index (Phi) is 6.83. The molecule has 0 N–H and O–H groups in total. The Morgan fingerprint density at radius 2 is 2.11 bits per heavy atom. The first-order chi connectivity index (χ1) is 4.31. The van der Waals surface area contributed by atoms with Gasteiger partial charge in [-0.25, -0.2) is 0 Å². The molecule has 0 spiro atoms. The number of hydrogen-bond acceptors (Lipinski definition) is 0. The molecular weight excluding hydrogens is 115 g/mol. The summed E-state index contributed by atoms with van der Waals surface area (Å²) in [6, 6.07) is 0. The van der Waals surface area contributed by atoms with Crippen LogP contribution in [0.3, 0.4) is 0 Å². The zero-order valence-corrected chi connectivity index (χ0v) is 9.12. The van der Waals surface area contributed by atoms with Crippen LogP contribution in [-0.2, 0) is 20.4 Å². The van der Waals surface area contributed by atoms with E-state index in [2.05, 4.69) is 51.8 Å². The van der Waals surface area contributed by atoms with Crippen LogP contribution in [0.25, 0.3) is 0 Å². The van der Waals surface area contributed by atoms with Gasteiger partial charge in [-0.1, -0.05) is 13.1 Å². The first-order valence-electron chi connectivity index (χ1n) is 3.38. The summed E-state index contributed by atoms with van der Waals surface area (Å²) in [4.78, 5) is 0. The summed E-state index contributed by atoms with van der Waals surface area (Å²) in [7, 11) is 0.417. The second-order valence-electron chi connectivity index (χ2n) is 2.03. The molecule has 0 aromatic carbocycles. The van der Waals surface area contributed by atoms with E-state index in [1.807, 2.05) is 0 Å². The van der Waals surface area contributed by atoms with E-state index in [1.54, 1.807) is 0 Å². The van der Waals surface area contributed by atoms with Crippen LogP contribution < -0.4 is 0 Å². The van der Waals surface area contributed by atoms with Crippen molar-refractivity contribution in [3.63, 3.8) is 0 Å². The van der Waals surface area contributed by atoms with Crippen molar-refractivity contribution in [2.24, 2.45) is 0 Å². The van der Waals surface area contributed by atoms with Gasteiger partial charge in [0.2, 0.25) is 0 Å². The van der Waals surface area contributed by atoms with Crippen LogP contribution in [0.5, 0.6) is 0 Å². The van der Waals surface area contributed by atoms with Gasteiger partial charge in [0, 0.05) is 9.52 Å². The Labute approximate surface area is 71.6 Å². The molecule has 1 aliphatic carbocycles. The Bertz CT molecular complexity index is 116. The molecule has 1 rings (SSSR count). The SMILES string of the molecule is C[SiH2]C.[3Ti][C]1=CC=CC1. The monoisotopic (exact) mass is 128 g/mol. The Morgan fingerprint density at radius 3 is 2.22 bits per heavy atom. The van der Waals surface area contributed by atoms with Crippen molar-refractivity contribution in [3.8, 4) is 0 Å². The second-order valence-corrected chi connectivity index (χ2v) is 4.45. The van der Waals surface area contributed by atoms with E-state index < -0.39 is 0 Å². The van der Waals surface area contributed by atoms with Crippen LogP contribution in [0.2, 0.25) is 13.1 Å². The molecule has 0 fully saturated rings. The maximum absolute atomic E-state index is 2.26. The third-order valence-electron chi connectivity index (χ3n) is 0.771. The minimum absolute atomic E-state index is 0.417. The molecule has 0 aromatic rings. The van der Waals surface area contributed by atoms with Crippen molar-refractivity contribution in [2.75, 3.05) is 0 Å². The molecular formula is C7H13SiTi. The van der Waals surface area contributed by atoms with Crippen LogP contribution in [0.4, 0.5) is 0 Å². The van der Waals surface area contributed by atoms with E-state index in [-0.39, 0.29) is 0 Å². The van der Waals surface area contributed by atoms with Crippen molar-refractivity contribution in [1.29, 1.82) is 0 Å². The number of allylic oxidation sites excluding steroid dienone is 4. The predicted octanol–water partition coefficient (Wildman–Crippen LogP) is 1.63. The molecule has 1 aliphatic rings. The molecule has 0 nitrogen and oxygen atoms in total. The van der Waals surface area contributed by atoms with Crippen LogP contribution in [0.15, 0.2) is 22.1 Å². The van der Waals surface area contributed by atoms with Crippen LogP contribution in [-0.4, -0.2) is 9.52 Å². The molecule has 0 radical (unpaired) electrons. The molecule has 0 bridgehead atoms. The van der Waals surface area contributed by atoms with Crippen molar-refractivity contribution >= 4 is 9.52 Å². The second kappa shape index (κ2) is 6.53. The van der Waals surface area contributed by atoms with Crippen molar-refractivity contribution in [1.82, 2.24) is 0 Å². The first-order valence-corrected chi connectivity index (χ1v) is 6.99. The van der Waals surface area contributed by atoms with Crippen LogP contribution in [0.1, 0.15) is 6.42 Å². The van der Waals surface area contributed by atoms with Gasteiger partial charge in [0.25, 0.3) is 0 Å². The average Bonchev–Trinajstić information content (AvgIpc) is 2.20. The van der Waals surface area contributed by atoms with Gasteiger partial charge in [-0.05, 0) is 0 Å². The molecule has 0 atom stereocenters. The van der Waals surface area contributed by atoms with E-state index in [4.69, 9.17) is 0 Å². The zero-order chi connectivity index (χ0) is 7.11. The molecule has 0 amide bonds. The Morgan fingerprint density at radius 1 is 1.56 bits per heavy atom. The molecule has 0 aliphatic heterocycles. The molecule has 2 heteroatoms. The summed E-state index contributed by atoms with van der Waals surface area (Å²) in [6.07, 6.45) is 7.56. The van der Waals surface area contributed by atoms with Gasteiger partial charge in [0.15, 0.2) is 0 Å². The van der Waals surface area contributed by atoms with Crippen LogP contribution >= 0.6 is 0 Å². The van der Waals surface area contributed by atoms with E-state index in [1.165, 1.54) is 10.3 Å². The molecule has 0 saturated heterocycles. The quantitative estimate of drug-likeness (QED) is 0.435. The van der Waals surface area contributed by atoms with Gasteiger partial charge in [0.1, 0.15) is 0 Å². The van der Waals surface area contributed by atoms with E-state index in [9.17, 15) is 0 Å². The summed E-state index contributed by atoms with van der Waals surface area (Å²) in [5.74, 6) is 0. The van der Waals surface area contributed by atoms with Gasteiger partial charge in [-0.2, -0.15) is 0 Å². The summed E-state index contributed by atoms with van der Waals surface area (Å²) in [5.41, 5.74) is 0. The van der Waals surface area contributed by atoms with Gasteiger partial charge >= 0.3 is 49.0 Å². The summed E-state index contributed by atoms with van der Waals surface area (Å²) in [5, 5.41) is 0. The molecule has 9 heavy (non-hydrogen) atoms. The van der Waals surface area contributed by atoms with Crippen molar-refractivity contribution < 1.29 is 20.4 Å². The van der Waals surface area contributed by atoms with E-state index >= 15 is 0 Å². The van der Waals surface area contributed by atoms with Crippen molar-refractivity contribution in [3.05, 3.63) is 22.1 Å². The Hall–Kier alpha value is 0.411. The van der Waals surface area contributed by atoms with Crippen molar-refractivity contribution in [2.45, 2.75) is 19.5 Å².